The molecule has 2 heterocycles. The van der Waals surface area contributed by atoms with Crippen molar-refractivity contribution in [1.82, 2.24) is 0 Å². The Balaban J connectivity index is 1.77. The summed E-state index contributed by atoms with van der Waals surface area (Å²) in [5.74, 6) is 0.249. The van der Waals surface area contributed by atoms with Crippen LogP contribution in [0.5, 0.6) is 0 Å². The van der Waals surface area contributed by atoms with E-state index in [-0.39, 0.29) is 5.78 Å². The minimum absolute atomic E-state index is 0.114. The van der Waals surface area contributed by atoms with Crippen LogP contribution in [0, 0.1) is 0 Å². The van der Waals surface area contributed by atoms with Gasteiger partial charge in [-0.1, -0.05) is 42.1 Å². The molecule has 0 atom stereocenters. The summed E-state index contributed by atoms with van der Waals surface area (Å²) in [4.78, 5) is 15.5. The first kappa shape index (κ1) is 13.2. The standard InChI is InChI=1S/C18H13NO2S/c1-19-17(11-14(20)15-7-4-10-21-15)22-16-9-8-12-5-2-3-6-13(12)18(16)19/h2-11H,1H3. The van der Waals surface area contributed by atoms with Crippen LogP contribution in [0.15, 0.2) is 75.2 Å². The lowest BCUT2D eigenvalue weighted by Crippen LogP contribution is -2.11. The van der Waals surface area contributed by atoms with Crippen LogP contribution in [-0.4, -0.2) is 12.8 Å². The van der Waals surface area contributed by atoms with E-state index >= 15 is 0 Å². The fraction of sp³-hybridized carbons (Fsp3) is 0.0556. The molecule has 0 bridgehead atoms. The zero-order chi connectivity index (χ0) is 15.1. The van der Waals surface area contributed by atoms with Crippen molar-refractivity contribution in [3.8, 4) is 0 Å². The van der Waals surface area contributed by atoms with Gasteiger partial charge in [0, 0.05) is 23.4 Å². The van der Waals surface area contributed by atoms with Crippen molar-refractivity contribution in [2.45, 2.75) is 4.90 Å². The molecule has 0 saturated carbocycles. The van der Waals surface area contributed by atoms with E-state index in [1.54, 1.807) is 30.0 Å². The lowest BCUT2D eigenvalue weighted by atomic mass is 10.1. The third kappa shape index (κ3) is 2.04. The van der Waals surface area contributed by atoms with Gasteiger partial charge in [0.25, 0.3) is 0 Å². The van der Waals surface area contributed by atoms with E-state index in [2.05, 4.69) is 29.2 Å². The first-order chi connectivity index (χ1) is 10.7. The molecule has 0 spiro atoms. The number of thioether (sulfide) groups is 1. The quantitative estimate of drug-likeness (QED) is 0.507. The highest BCUT2D eigenvalue weighted by Crippen LogP contribution is 2.48. The van der Waals surface area contributed by atoms with Crippen molar-refractivity contribution in [2.75, 3.05) is 11.9 Å². The van der Waals surface area contributed by atoms with Gasteiger partial charge in [-0.05, 0) is 23.6 Å². The zero-order valence-corrected chi connectivity index (χ0v) is 12.8. The molecule has 1 aromatic heterocycles. The Labute approximate surface area is 132 Å². The van der Waals surface area contributed by atoms with Gasteiger partial charge in [0.2, 0.25) is 5.78 Å². The molecule has 108 valence electrons. The predicted octanol–water partition coefficient (Wildman–Crippen LogP) is 4.70. The van der Waals surface area contributed by atoms with Crippen LogP contribution in [0.25, 0.3) is 10.8 Å². The molecule has 0 fully saturated rings. The Morgan fingerprint density at radius 2 is 2.00 bits per heavy atom. The monoisotopic (exact) mass is 307 g/mol. The topological polar surface area (TPSA) is 33.5 Å². The molecule has 0 unspecified atom stereocenters. The van der Waals surface area contributed by atoms with Crippen LogP contribution in [0.1, 0.15) is 10.6 Å². The summed E-state index contributed by atoms with van der Waals surface area (Å²) in [7, 11) is 1.99. The Kier molecular flexibility index (Phi) is 3.05. The molecule has 3 nitrogen and oxygen atoms in total. The van der Waals surface area contributed by atoms with E-state index in [0.717, 1.165) is 10.7 Å². The number of carbonyl (C=O) groups is 1. The molecule has 22 heavy (non-hydrogen) atoms. The lowest BCUT2D eigenvalue weighted by Gasteiger charge is -2.15. The smallest absolute Gasteiger partial charge is 0.223 e. The van der Waals surface area contributed by atoms with Crippen LogP contribution < -0.4 is 4.90 Å². The van der Waals surface area contributed by atoms with E-state index in [4.69, 9.17) is 4.42 Å². The highest BCUT2D eigenvalue weighted by molar-refractivity contribution is 8.03. The van der Waals surface area contributed by atoms with Crippen molar-refractivity contribution >= 4 is 34.0 Å². The molecule has 0 radical (unpaired) electrons. The molecule has 0 N–H and O–H groups in total. The number of nitrogens with zero attached hydrogens (tertiary/aromatic N) is 1. The van der Waals surface area contributed by atoms with Crippen LogP contribution >= 0.6 is 11.8 Å². The number of hydrogen-bond donors (Lipinski definition) is 0. The van der Waals surface area contributed by atoms with Gasteiger partial charge in [0.1, 0.15) is 0 Å². The number of fused-ring (bicyclic) bond motifs is 3. The van der Waals surface area contributed by atoms with Crippen LogP contribution in [0.3, 0.4) is 0 Å². The lowest BCUT2D eigenvalue weighted by molar-refractivity contribution is 0.102. The third-order valence-corrected chi connectivity index (χ3v) is 4.91. The Hall–Kier alpha value is -2.46. The van der Waals surface area contributed by atoms with Gasteiger partial charge in [-0.15, -0.1) is 0 Å². The summed E-state index contributed by atoms with van der Waals surface area (Å²) in [5, 5.41) is 3.31. The normalized spacial score (nSPS) is 15.5. The zero-order valence-electron chi connectivity index (χ0n) is 11.9. The molecule has 2 aromatic carbocycles. The summed E-state index contributed by atoms with van der Waals surface area (Å²) in [6.45, 7) is 0. The number of ketones is 1. The fourth-order valence-corrected chi connectivity index (χ4v) is 3.78. The predicted molar refractivity (Wildman–Crippen MR) is 89.3 cm³/mol. The second-order valence-corrected chi connectivity index (χ2v) is 6.18. The van der Waals surface area contributed by atoms with Crippen molar-refractivity contribution < 1.29 is 9.21 Å². The summed E-state index contributed by atoms with van der Waals surface area (Å²) >= 11 is 1.61. The van der Waals surface area contributed by atoms with E-state index in [1.807, 2.05) is 19.2 Å². The Morgan fingerprint density at radius 3 is 2.82 bits per heavy atom. The van der Waals surface area contributed by atoms with Gasteiger partial charge in [-0.3, -0.25) is 4.79 Å². The van der Waals surface area contributed by atoms with Gasteiger partial charge in [0.05, 0.1) is 17.0 Å². The second-order valence-electron chi connectivity index (χ2n) is 5.12. The maximum atomic E-state index is 12.2. The number of anilines is 1. The highest BCUT2D eigenvalue weighted by atomic mass is 32.2. The van der Waals surface area contributed by atoms with Crippen molar-refractivity contribution in [3.63, 3.8) is 0 Å². The number of benzene rings is 2. The molecule has 4 rings (SSSR count). The summed E-state index contributed by atoms with van der Waals surface area (Å²) in [6.07, 6.45) is 3.15. The number of carbonyl (C=O) groups excluding carboxylic acids is 1. The van der Waals surface area contributed by atoms with Crippen molar-refractivity contribution in [2.24, 2.45) is 0 Å². The molecule has 3 aromatic rings. The van der Waals surface area contributed by atoms with Crippen molar-refractivity contribution in [3.05, 3.63) is 71.7 Å². The molecule has 1 aliphatic heterocycles. The average molecular weight is 307 g/mol. The number of furan rings is 1. The fourth-order valence-electron chi connectivity index (χ4n) is 2.68. The molecule has 0 amide bonds. The van der Waals surface area contributed by atoms with Crippen molar-refractivity contribution in [1.29, 1.82) is 0 Å². The minimum Gasteiger partial charge on any atom is -0.461 e. The summed E-state index contributed by atoms with van der Waals surface area (Å²) in [6, 6.07) is 15.9. The maximum Gasteiger partial charge on any atom is 0.223 e. The first-order valence-electron chi connectivity index (χ1n) is 6.97. The number of allylic oxidation sites excluding steroid dienone is 1. The van der Waals surface area contributed by atoms with E-state index in [0.29, 0.717) is 5.76 Å². The molecular weight excluding hydrogens is 294 g/mol. The SMILES string of the molecule is CN1C(=CC(=O)c2ccco2)Sc2ccc3ccccc3c21. The molecular formula is C18H13NO2S. The van der Waals surface area contributed by atoms with Gasteiger partial charge in [-0.25, -0.2) is 0 Å². The number of rotatable bonds is 2. The summed E-state index contributed by atoms with van der Waals surface area (Å²) in [5.41, 5.74) is 1.15. The summed E-state index contributed by atoms with van der Waals surface area (Å²) < 4.78 is 5.17. The Morgan fingerprint density at radius 1 is 1.14 bits per heavy atom. The minimum atomic E-state index is -0.114. The molecule has 0 aliphatic carbocycles. The van der Waals surface area contributed by atoms with Gasteiger partial charge in [0.15, 0.2) is 5.76 Å². The maximum absolute atomic E-state index is 12.2. The van der Waals surface area contributed by atoms with Crippen LogP contribution in [0.2, 0.25) is 0 Å². The molecule has 0 saturated heterocycles. The first-order valence-corrected chi connectivity index (χ1v) is 7.78. The van der Waals surface area contributed by atoms with Gasteiger partial charge >= 0.3 is 0 Å². The second kappa shape index (κ2) is 5.07. The van der Waals surface area contributed by atoms with E-state index in [9.17, 15) is 4.79 Å². The third-order valence-electron chi connectivity index (χ3n) is 3.76. The number of hydrogen-bond acceptors (Lipinski definition) is 4. The van der Waals surface area contributed by atoms with Crippen LogP contribution in [0.4, 0.5) is 5.69 Å². The van der Waals surface area contributed by atoms with E-state index in [1.165, 1.54) is 21.9 Å². The van der Waals surface area contributed by atoms with Gasteiger partial charge < -0.3 is 9.32 Å². The average Bonchev–Trinajstić information content (AvgIpc) is 3.17. The largest absolute Gasteiger partial charge is 0.461 e. The highest BCUT2D eigenvalue weighted by Gasteiger charge is 2.25. The molecule has 1 aliphatic rings. The van der Waals surface area contributed by atoms with Crippen LogP contribution in [-0.2, 0) is 0 Å². The van der Waals surface area contributed by atoms with Gasteiger partial charge in [-0.2, -0.15) is 0 Å². The van der Waals surface area contributed by atoms with E-state index < -0.39 is 0 Å². The Bertz CT molecular complexity index is 897. The molecule has 4 heteroatoms.